The van der Waals surface area contributed by atoms with Gasteiger partial charge in [-0.05, 0) is 24.6 Å². The standard InChI is InChI=1S/C9H11ClN2OS/c1-9(14,8(13)12-11)6-3-2-4-7(10)5-6/h2-5,14H,11H2,1H3,(H,12,13). The van der Waals surface area contributed by atoms with Gasteiger partial charge >= 0.3 is 0 Å². The first-order valence-corrected chi connectivity index (χ1v) is 4.80. The lowest BCUT2D eigenvalue weighted by molar-refractivity contribution is -0.123. The molecular formula is C9H11ClN2OS. The highest BCUT2D eigenvalue weighted by molar-refractivity contribution is 7.82. The van der Waals surface area contributed by atoms with Gasteiger partial charge in [0.15, 0.2) is 0 Å². The molecule has 76 valence electrons. The van der Waals surface area contributed by atoms with Crippen LogP contribution in [0.4, 0.5) is 0 Å². The van der Waals surface area contributed by atoms with Crippen molar-refractivity contribution >= 4 is 30.1 Å². The molecule has 0 heterocycles. The zero-order valence-electron chi connectivity index (χ0n) is 7.62. The molecule has 0 fully saturated rings. The van der Waals surface area contributed by atoms with Crippen LogP contribution in [0, 0.1) is 0 Å². The SMILES string of the molecule is CC(S)(C(=O)NN)c1cccc(Cl)c1. The number of benzene rings is 1. The van der Waals surface area contributed by atoms with Crippen molar-refractivity contribution in [1.82, 2.24) is 5.43 Å². The maximum atomic E-state index is 11.4. The fourth-order valence-electron chi connectivity index (χ4n) is 1.06. The summed E-state index contributed by atoms with van der Waals surface area (Å²) in [6.45, 7) is 1.66. The summed E-state index contributed by atoms with van der Waals surface area (Å²) in [5.41, 5.74) is 2.77. The Labute approximate surface area is 93.0 Å². The van der Waals surface area contributed by atoms with Gasteiger partial charge in [-0.2, -0.15) is 12.6 Å². The van der Waals surface area contributed by atoms with E-state index in [1.54, 1.807) is 31.2 Å². The highest BCUT2D eigenvalue weighted by Crippen LogP contribution is 2.29. The highest BCUT2D eigenvalue weighted by Gasteiger charge is 2.30. The molecule has 1 aromatic carbocycles. The van der Waals surface area contributed by atoms with E-state index in [4.69, 9.17) is 17.4 Å². The van der Waals surface area contributed by atoms with E-state index in [1.165, 1.54) is 0 Å². The van der Waals surface area contributed by atoms with Crippen LogP contribution in [0.5, 0.6) is 0 Å². The van der Waals surface area contributed by atoms with Crippen molar-refractivity contribution in [1.29, 1.82) is 0 Å². The maximum Gasteiger partial charge on any atom is 0.254 e. The number of nitrogens with two attached hydrogens (primary N) is 1. The van der Waals surface area contributed by atoms with E-state index >= 15 is 0 Å². The zero-order valence-corrected chi connectivity index (χ0v) is 9.27. The molecule has 1 rings (SSSR count). The number of halogens is 1. The van der Waals surface area contributed by atoms with Crippen molar-refractivity contribution in [3.8, 4) is 0 Å². The summed E-state index contributed by atoms with van der Waals surface area (Å²) in [4.78, 5) is 11.4. The van der Waals surface area contributed by atoms with Gasteiger partial charge in [0.25, 0.3) is 5.91 Å². The van der Waals surface area contributed by atoms with E-state index in [-0.39, 0.29) is 5.91 Å². The Balaban J connectivity index is 3.09. The van der Waals surface area contributed by atoms with Crippen LogP contribution in [-0.4, -0.2) is 5.91 Å². The predicted molar refractivity (Wildman–Crippen MR) is 60.1 cm³/mol. The maximum absolute atomic E-state index is 11.4. The van der Waals surface area contributed by atoms with Gasteiger partial charge in [0.05, 0.1) is 0 Å². The number of carbonyl (C=O) groups is 1. The number of carbonyl (C=O) groups excluding carboxylic acids is 1. The van der Waals surface area contributed by atoms with Crippen LogP contribution in [0.1, 0.15) is 12.5 Å². The van der Waals surface area contributed by atoms with Crippen molar-refractivity contribution in [2.45, 2.75) is 11.7 Å². The molecule has 0 aliphatic rings. The monoisotopic (exact) mass is 230 g/mol. The van der Waals surface area contributed by atoms with Crippen molar-refractivity contribution in [3.05, 3.63) is 34.9 Å². The minimum Gasteiger partial charge on any atom is -0.293 e. The Kier molecular flexibility index (Phi) is 3.42. The van der Waals surface area contributed by atoms with Crippen LogP contribution < -0.4 is 11.3 Å². The number of hydrogen-bond acceptors (Lipinski definition) is 3. The van der Waals surface area contributed by atoms with Gasteiger partial charge < -0.3 is 0 Å². The first kappa shape index (κ1) is 11.4. The summed E-state index contributed by atoms with van der Waals surface area (Å²) in [6.07, 6.45) is 0. The molecule has 1 atom stereocenters. The summed E-state index contributed by atoms with van der Waals surface area (Å²) < 4.78 is -0.973. The first-order chi connectivity index (χ1) is 6.48. The summed E-state index contributed by atoms with van der Waals surface area (Å²) in [7, 11) is 0. The van der Waals surface area contributed by atoms with Crippen LogP contribution >= 0.6 is 24.2 Å². The van der Waals surface area contributed by atoms with Crippen molar-refractivity contribution in [3.63, 3.8) is 0 Å². The minimum absolute atomic E-state index is 0.372. The largest absolute Gasteiger partial charge is 0.293 e. The third-order valence-corrected chi connectivity index (χ3v) is 2.66. The van der Waals surface area contributed by atoms with Crippen LogP contribution in [0.25, 0.3) is 0 Å². The Morgan fingerprint density at radius 2 is 2.29 bits per heavy atom. The summed E-state index contributed by atoms with van der Waals surface area (Å²) in [6, 6.07) is 6.95. The third kappa shape index (κ3) is 2.20. The second kappa shape index (κ2) is 4.21. The highest BCUT2D eigenvalue weighted by atomic mass is 35.5. The lowest BCUT2D eigenvalue weighted by atomic mass is 9.99. The van der Waals surface area contributed by atoms with Crippen LogP contribution in [-0.2, 0) is 9.54 Å². The number of thiol groups is 1. The van der Waals surface area contributed by atoms with Gasteiger partial charge in [0.2, 0.25) is 0 Å². The molecule has 0 radical (unpaired) electrons. The zero-order chi connectivity index (χ0) is 10.8. The van der Waals surface area contributed by atoms with E-state index < -0.39 is 4.75 Å². The number of hydrazine groups is 1. The number of hydrogen-bond donors (Lipinski definition) is 3. The molecular weight excluding hydrogens is 220 g/mol. The van der Waals surface area contributed by atoms with Crippen molar-refractivity contribution in [2.75, 3.05) is 0 Å². The Morgan fingerprint density at radius 3 is 2.79 bits per heavy atom. The molecule has 3 N–H and O–H groups in total. The molecule has 14 heavy (non-hydrogen) atoms. The summed E-state index contributed by atoms with van der Waals surface area (Å²) in [5, 5.41) is 0.563. The third-order valence-electron chi connectivity index (χ3n) is 1.96. The quantitative estimate of drug-likeness (QED) is 0.312. The second-order valence-electron chi connectivity index (χ2n) is 3.06. The number of rotatable bonds is 2. The Bertz CT molecular complexity index is 354. The first-order valence-electron chi connectivity index (χ1n) is 3.98. The normalized spacial score (nSPS) is 14.6. The van der Waals surface area contributed by atoms with Crippen LogP contribution in [0.2, 0.25) is 5.02 Å². The van der Waals surface area contributed by atoms with Gasteiger partial charge in [0.1, 0.15) is 4.75 Å². The minimum atomic E-state index is -0.973. The molecule has 1 aromatic rings. The van der Waals surface area contributed by atoms with E-state index in [0.717, 1.165) is 0 Å². The number of amides is 1. The van der Waals surface area contributed by atoms with E-state index in [0.29, 0.717) is 10.6 Å². The van der Waals surface area contributed by atoms with E-state index in [2.05, 4.69) is 18.1 Å². The molecule has 0 bridgehead atoms. The second-order valence-corrected chi connectivity index (χ2v) is 4.39. The molecule has 1 amide bonds. The molecule has 0 saturated carbocycles. The summed E-state index contributed by atoms with van der Waals surface area (Å²) in [5.74, 6) is 4.68. The molecule has 0 aromatic heterocycles. The Morgan fingerprint density at radius 1 is 1.64 bits per heavy atom. The topological polar surface area (TPSA) is 55.1 Å². The van der Waals surface area contributed by atoms with Crippen molar-refractivity contribution in [2.24, 2.45) is 5.84 Å². The molecule has 5 heteroatoms. The summed E-state index contributed by atoms with van der Waals surface area (Å²) >= 11 is 10.0. The lowest BCUT2D eigenvalue weighted by Gasteiger charge is -2.21. The van der Waals surface area contributed by atoms with E-state index in [1.807, 2.05) is 0 Å². The van der Waals surface area contributed by atoms with Gasteiger partial charge in [-0.15, -0.1) is 0 Å². The van der Waals surface area contributed by atoms with Gasteiger partial charge in [-0.25, -0.2) is 5.84 Å². The fraction of sp³-hybridized carbons (Fsp3) is 0.222. The van der Waals surface area contributed by atoms with Gasteiger partial charge in [-0.3, -0.25) is 10.2 Å². The molecule has 0 aliphatic carbocycles. The van der Waals surface area contributed by atoms with Crippen molar-refractivity contribution < 1.29 is 4.79 Å². The smallest absolute Gasteiger partial charge is 0.254 e. The fourth-order valence-corrected chi connectivity index (χ4v) is 1.46. The predicted octanol–water partition coefficient (Wildman–Crippen LogP) is 1.47. The lowest BCUT2D eigenvalue weighted by Crippen LogP contribution is -2.42. The molecule has 1 unspecified atom stereocenters. The van der Waals surface area contributed by atoms with E-state index in [9.17, 15) is 4.79 Å². The molecule has 0 spiro atoms. The van der Waals surface area contributed by atoms with Crippen LogP contribution in [0.15, 0.2) is 24.3 Å². The average Bonchev–Trinajstić information content (AvgIpc) is 2.16. The molecule has 0 saturated heterocycles. The molecule has 0 aliphatic heterocycles. The Hall–Kier alpha value is -0.710. The van der Waals surface area contributed by atoms with Gasteiger partial charge in [0, 0.05) is 5.02 Å². The average molecular weight is 231 g/mol. The number of nitrogens with one attached hydrogen (secondary N) is 1. The molecule has 3 nitrogen and oxygen atoms in total. The van der Waals surface area contributed by atoms with Crippen LogP contribution in [0.3, 0.4) is 0 Å². The van der Waals surface area contributed by atoms with Gasteiger partial charge in [-0.1, -0.05) is 23.7 Å².